The van der Waals surface area contributed by atoms with Gasteiger partial charge >= 0.3 is 0 Å². The normalized spacial score (nSPS) is 16.1. The summed E-state index contributed by atoms with van der Waals surface area (Å²) in [5, 5.41) is 21.7. The van der Waals surface area contributed by atoms with Crippen LogP contribution in [0.1, 0.15) is 22.2 Å². The van der Waals surface area contributed by atoms with E-state index < -0.39 is 23.5 Å². The number of aromatic hydroxyl groups is 1. The van der Waals surface area contributed by atoms with E-state index in [1.165, 1.54) is 17.0 Å². The quantitative estimate of drug-likeness (QED) is 0.304. The van der Waals surface area contributed by atoms with Gasteiger partial charge in [-0.05, 0) is 66.2 Å². The number of nitrogens with zero attached hydrogens (tertiary/aromatic N) is 1. The Labute approximate surface area is 201 Å². The number of ketones is 1. The SMILES string of the molecule is O=C(C1=C(O)C(=O)N(c2ccc(Cl)cc2)C1c1ccc(O)cc1)c1cc2cc(Br)ccc2o1. The van der Waals surface area contributed by atoms with Gasteiger partial charge in [-0.25, -0.2) is 0 Å². The van der Waals surface area contributed by atoms with Crippen molar-refractivity contribution in [1.29, 1.82) is 0 Å². The third-order valence-electron chi connectivity index (χ3n) is 5.47. The maximum absolute atomic E-state index is 13.6. The zero-order chi connectivity index (χ0) is 23.3. The highest BCUT2D eigenvalue weighted by Crippen LogP contribution is 2.43. The number of phenols is 1. The zero-order valence-electron chi connectivity index (χ0n) is 16.8. The van der Waals surface area contributed by atoms with Crippen molar-refractivity contribution >= 4 is 55.9 Å². The van der Waals surface area contributed by atoms with E-state index in [0.717, 1.165) is 4.47 Å². The number of carbonyl (C=O) groups is 2. The molecule has 33 heavy (non-hydrogen) atoms. The minimum absolute atomic E-state index is 0.000755. The monoisotopic (exact) mass is 523 g/mol. The molecule has 6 nitrogen and oxygen atoms in total. The Bertz CT molecular complexity index is 1440. The van der Waals surface area contributed by atoms with Crippen LogP contribution in [0.2, 0.25) is 5.02 Å². The molecule has 0 saturated carbocycles. The standard InChI is InChI=1S/C25H15BrClNO5/c26-15-3-10-19-14(11-15)12-20(33-19)23(30)21-22(13-1-8-18(29)9-2-13)28(25(32)24(21)31)17-6-4-16(27)5-7-17/h1-12,22,29,31H. The number of furan rings is 1. The number of aliphatic hydroxyl groups is 1. The summed E-state index contributed by atoms with van der Waals surface area (Å²) in [6.07, 6.45) is 0. The van der Waals surface area contributed by atoms with E-state index in [0.29, 0.717) is 27.2 Å². The fourth-order valence-corrected chi connectivity index (χ4v) is 4.44. The highest BCUT2D eigenvalue weighted by molar-refractivity contribution is 9.10. The van der Waals surface area contributed by atoms with Crippen molar-refractivity contribution < 1.29 is 24.2 Å². The lowest BCUT2D eigenvalue weighted by Gasteiger charge is -2.26. The number of carbonyl (C=O) groups excluding carboxylic acids is 2. The second kappa shape index (κ2) is 8.10. The van der Waals surface area contributed by atoms with Crippen LogP contribution < -0.4 is 4.90 Å². The Kier molecular flexibility index (Phi) is 5.23. The fourth-order valence-electron chi connectivity index (χ4n) is 3.94. The van der Waals surface area contributed by atoms with Gasteiger partial charge in [-0.15, -0.1) is 0 Å². The fraction of sp³-hybridized carbons (Fsp3) is 0.0400. The van der Waals surface area contributed by atoms with Gasteiger partial charge in [0.05, 0.1) is 11.6 Å². The molecule has 4 aromatic rings. The molecule has 1 aromatic heterocycles. The number of hydrogen-bond acceptors (Lipinski definition) is 5. The molecule has 1 aliphatic rings. The number of anilines is 1. The number of amides is 1. The van der Waals surface area contributed by atoms with Gasteiger partial charge in [0, 0.05) is 20.6 Å². The number of hydrogen-bond donors (Lipinski definition) is 2. The largest absolute Gasteiger partial charge is 0.508 e. The third kappa shape index (κ3) is 3.69. The van der Waals surface area contributed by atoms with Gasteiger partial charge in [-0.3, -0.25) is 14.5 Å². The number of rotatable bonds is 4. The highest BCUT2D eigenvalue weighted by atomic mass is 79.9. The summed E-state index contributed by atoms with van der Waals surface area (Å²) in [5.74, 6) is -1.96. The zero-order valence-corrected chi connectivity index (χ0v) is 19.2. The molecule has 0 radical (unpaired) electrons. The summed E-state index contributed by atoms with van der Waals surface area (Å²) in [6.45, 7) is 0. The Morgan fingerprint density at radius 3 is 2.36 bits per heavy atom. The molecule has 2 N–H and O–H groups in total. The predicted molar refractivity (Wildman–Crippen MR) is 128 cm³/mol. The number of phenolic OH excluding ortho intramolecular Hbond substituents is 1. The highest BCUT2D eigenvalue weighted by Gasteiger charge is 2.45. The van der Waals surface area contributed by atoms with Crippen LogP contribution in [0.25, 0.3) is 11.0 Å². The van der Waals surface area contributed by atoms with Crippen molar-refractivity contribution in [2.45, 2.75) is 6.04 Å². The lowest BCUT2D eigenvalue weighted by atomic mass is 9.94. The van der Waals surface area contributed by atoms with Gasteiger partial charge in [0.1, 0.15) is 11.3 Å². The van der Waals surface area contributed by atoms with Gasteiger partial charge in [-0.1, -0.05) is 39.7 Å². The minimum Gasteiger partial charge on any atom is -0.508 e. The summed E-state index contributed by atoms with van der Waals surface area (Å²) in [5.41, 5.74) is 1.37. The van der Waals surface area contributed by atoms with Crippen molar-refractivity contribution in [2.24, 2.45) is 0 Å². The first-order chi connectivity index (χ1) is 15.8. The maximum atomic E-state index is 13.6. The smallest absolute Gasteiger partial charge is 0.294 e. The summed E-state index contributed by atoms with van der Waals surface area (Å²) in [4.78, 5) is 28.0. The van der Waals surface area contributed by atoms with Crippen LogP contribution in [0, 0.1) is 0 Å². The molecule has 164 valence electrons. The first kappa shape index (κ1) is 21.3. The number of aliphatic hydroxyl groups excluding tert-OH is 1. The van der Waals surface area contributed by atoms with E-state index in [-0.39, 0.29) is 17.1 Å². The second-order valence-electron chi connectivity index (χ2n) is 7.53. The summed E-state index contributed by atoms with van der Waals surface area (Å²) in [7, 11) is 0. The Balaban J connectivity index is 1.65. The molecular formula is C25H15BrClNO5. The average molecular weight is 525 g/mol. The Hall–Kier alpha value is -3.55. The first-order valence-electron chi connectivity index (χ1n) is 9.88. The van der Waals surface area contributed by atoms with Gasteiger partial charge < -0.3 is 14.6 Å². The second-order valence-corrected chi connectivity index (χ2v) is 8.88. The molecule has 0 saturated heterocycles. The molecule has 3 aromatic carbocycles. The molecule has 5 rings (SSSR count). The molecule has 2 heterocycles. The van der Waals surface area contributed by atoms with E-state index in [9.17, 15) is 19.8 Å². The van der Waals surface area contributed by atoms with E-state index in [4.69, 9.17) is 16.0 Å². The molecule has 1 aliphatic heterocycles. The van der Waals surface area contributed by atoms with Gasteiger partial charge in [-0.2, -0.15) is 0 Å². The van der Waals surface area contributed by atoms with Crippen LogP contribution in [-0.4, -0.2) is 21.9 Å². The molecule has 1 unspecified atom stereocenters. The molecule has 0 aliphatic carbocycles. The van der Waals surface area contributed by atoms with Gasteiger partial charge in [0.15, 0.2) is 11.5 Å². The lowest BCUT2D eigenvalue weighted by molar-refractivity contribution is -0.117. The van der Waals surface area contributed by atoms with Crippen molar-refractivity contribution in [1.82, 2.24) is 0 Å². The average Bonchev–Trinajstić information content (AvgIpc) is 3.33. The number of halogens is 2. The van der Waals surface area contributed by atoms with Crippen LogP contribution in [0.4, 0.5) is 5.69 Å². The van der Waals surface area contributed by atoms with Crippen LogP contribution in [-0.2, 0) is 4.79 Å². The number of Topliss-reactive ketones (excluding diaryl/α,β-unsaturated/α-hetero) is 1. The van der Waals surface area contributed by atoms with Crippen molar-refractivity contribution in [3.63, 3.8) is 0 Å². The van der Waals surface area contributed by atoms with Crippen LogP contribution in [0.15, 0.2) is 93.0 Å². The van der Waals surface area contributed by atoms with E-state index in [1.54, 1.807) is 60.7 Å². The lowest BCUT2D eigenvalue weighted by Crippen LogP contribution is -2.31. The van der Waals surface area contributed by atoms with Crippen molar-refractivity contribution in [3.05, 3.63) is 105 Å². The van der Waals surface area contributed by atoms with Crippen molar-refractivity contribution in [3.8, 4) is 5.75 Å². The number of fused-ring (bicyclic) bond motifs is 1. The third-order valence-corrected chi connectivity index (χ3v) is 6.21. The molecule has 0 spiro atoms. The number of benzene rings is 3. The molecule has 1 atom stereocenters. The summed E-state index contributed by atoms with van der Waals surface area (Å²) in [6, 6.07) is 18.6. The molecule has 0 bridgehead atoms. The molecular weight excluding hydrogens is 510 g/mol. The van der Waals surface area contributed by atoms with E-state index in [2.05, 4.69) is 15.9 Å². The van der Waals surface area contributed by atoms with E-state index >= 15 is 0 Å². The summed E-state index contributed by atoms with van der Waals surface area (Å²) >= 11 is 9.39. The maximum Gasteiger partial charge on any atom is 0.294 e. The minimum atomic E-state index is -0.938. The first-order valence-corrected chi connectivity index (χ1v) is 11.1. The van der Waals surface area contributed by atoms with Gasteiger partial charge in [0.25, 0.3) is 5.91 Å². The molecule has 8 heteroatoms. The van der Waals surface area contributed by atoms with Crippen LogP contribution in [0.5, 0.6) is 5.75 Å². The Morgan fingerprint density at radius 2 is 1.67 bits per heavy atom. The topological polar surface area (TPSA) is 91.0 Å². The molecule has 1 amide bonds. The summed E-state index contributed by atoms with van der Waals surface area (Å²) < 4.78 is 6.56. The molecule has 0 fully saturated rings. The Morgan fingerprint density at radius 1 is 0.970 bits per heavy atom. The van der Waals surface area contributed by atoms with Crippen LogP contribution >= 0.6 is 27.5 Å². The van der Waals surface area contributed by atoms with Crippen LogP contribution in [0.3, 0.4) is 0 Å². The predicted octanol–water partition coefficient (Wildman–Crippen LogP) is 6.34. The van der Waals surface area contributed by atoms with Crippen molar-refractivity contribution in [2.75, 3.05) is 4.90 Å². The van der Waals surface area contributed by atoms with E-state index in [1.807, 2.05) is 0 Å². The van der Waals surface area contributed by atoms with Gasteiger partial charge in [0.2, 0.25) is 5.78 Å².